The van der Waals surface area contributed by atoms with Gasteiger partial charge in [0.05, 0.1) is 18.7 Å². The number of amides is 1. The highest BCUT2D eigenvalue weighted by Crippen LogP contribution is 2.54. The summed E-state index contributed by atoms with van der Waals surface area (Å²) in [5.74, 6) is -0.385. The number of carbonyl (C=O) groups is 1. The van der Waals surface area contributed by atoms with Crippen LogP contribution in [0.4, 0.5) is 5.69 Å². The summed E-state index contributed by atoms with van der Waals surface area (Å²) in [6, 6.07) is 28.7. The molecule has 1 unspecified atom stereocenters. The summed E-state index contributed by atoms with van der Waals surface area (Å²) in [7, 11) is 0. The molecule has 2 aliphatic rings. The molecule has 0 saturated carbocycles. The quantitative estimate of drug-likeness (QED) is 0.434. The summed E-state index contributed by atoms with van der Waals surface area (Å²) in [4.78, 5) is 30.7. The molecular formula is C32H26N4O3. The summed E-state index contributed by atoms with van der Waals surface area (Å²) in [5.41, 5.74) is 9.02. The summed E-state index contributed by atoms with van der Waals surface area (Å²) >= 11 is 0. The number of rotatable bonds is 4. The predicted molar refractivity (Wildman–Crippen MR) is 148 cm³/mol. The van der Waals surface area contributed by atoms with Crippen molar-refractivity contribution in [1.82, 2.24) is 4.57 Å². The second-order valence-corrected chi connectivity index (χ2v) is 10.00. The second kappa shape index (κ2) is 9.03. The number of anilines is 1. The van der Waals surface area contributed by atoms with Crippen LogP contribution in [0.5, 0.6) is 5.75 Å². The van der Waals surface area contributed by atoms with Gasteiger partial charge in [-0.05, 0) is 31.0 Å². The van der Waals surface area contributed by atoms with Crippen molar-refractivity contribution in [3.8, 4) is 11.8 Å². The first-order chi connectivity index (χ1) is 18.9. The molecule has 0 radical (unpaired) electrons. The molecule has 0 saturated heterocycles. The van der Waals surface area contributed by atoms with E-state index in [1.165, 1.54) is 0 Å². The first-order valence-electron chi connectivity index (χ1n) is 12.7. The minimum atomic E-state index is -1.73. The number of hydrogen-bond acceptors (Lipinski definition) is 5. The first-order valence-corrected chi connectivity index (χ1v) is 12.7. The lowest BCUT2D eigenvalue weighted by atomic mass is 9.69. The largest absolute Gasteiger partial charge is 0.440 e. The fourth-order valence-electron chi connectivity index (χ4n) is 5.72. The maximum absolute atomic E-state index is 14.7. The summed E-state index contributed by atoms with van der Waals surface area (Å²) in [6.45, 7) is 4.40. The molecule has 7 nitrogen and oxygen atoms in total. The van der Waals surface area contributed by atoms with Crippen LogP contribution in [0, 0.1) is 25.2 Å². The molecule has 3 aromatic carbocycles. The van der Waals surface area contributed by atoms with Crippen molar-refractivity contribution in [2.45, 2.75) is 32.4 Å². The van der Waals surface area contributed by atoms with Crippen LogP contribution >= 0.6 is 0 Å². The SMILES string of the molecule is Cc1ccc(CN2C(=O)C3(C(C#N)=C(N)Oc4cc(C)n(Cc5ccccc5)c(=O)c43)c3ccccc32)cc1. The van der Waals surface area contributed by atoms with Gasteiger partial charge in [0.1, 0.15) is 17.4 Å². The van der Waals surface area contributed by atoms with Crippen molar-refractivity contribution in [1.29, 1.82) is 5.26 Å². The fourth-order valence-corrected chi connectivity index (χ4v) is 5.72. The Morgan fingerprint density at radius 2 is 1.56 bits per heavy atom. The van der Waals surface area contributed by atoms with Crippen LogP contribution in [-0.2, 0) is 23.3 Å². The molecule has 39 heavy (non-hydrogen) atoms. The Bertz CT molecular complexity index is 1760. The van der Waals surface area contributed by atoms with Gasteiger partial charge in [0.25, 0.3) is 5.56 Å². The van der Waals surface area contributed by atoms with Gasteiger partial charge in [-0.25, -0.2) is 0 Å². The van der Waals surface area contributed by atoms with E-state index in [2.05, 4.69) is 6.07 Å². The fraction of sp³-hybridized carbons (Fsp3) is 0.156. The van der Waals surface area contributed by atoms with E-state index in [4.69, 9.17) is 10.5 Å². The Labute approximate surface area is 226 Å². The van der Waals surface area contributed by atoms with Gasteiger partial charge in [0.15, 0.2) is 5.41 Å². The van der Waals surface area contributed by atoms with E-state index in [9.17, 15) is 14.9 Å². The average molecular weight is 515 g/mol. The lowest BCUT2D eigenvalue weighted by Gasteiger charge is -2.34. The molecule has 2 aliphatic heterocycles. The number of benzene rings is 3. The topological polar surface area (TPSA) is 101 Å². The van der Waals surface area contributed by atoms with E-state index < -0.39 is 16.9 Å². The molecule has 0 bridgehead atoms. The molecule has 2 N–H and O–H groups in total. The molecule has 1 amide bonds. The number of nitrogens with two attached hydrogens (primary N) is 1. The van der Waals surface area contributed by atoms with Gasteiger partial charge in [0.2, 0.25) is 11.8 Å². The highest BCUT2D eigenvalue weighted by molar-refractivity contribution is 6.14. The zero-order chi connectivity index (χ0) is 27.3. The van der Waals surface area contributed by atoms with E-state index in [1.807, 2.05) is 80.6 Å². The van der Waals surface area contributed by atoms with Crippen LogP contribution in [0.15, 0.2) is 101 Å². The molecule has 1 aromatic heterocycles. The van der Waals surface area contributed by atoms with Crippen LogP contribution in [-0.4, -0.2) is 10.5 Å². The number of ether oxygens (including phenoxy) is 1. The third-order valence-electron chi connectivity index (χ3n) is 7.61. The molecule has 6 rings (SSSR count). The number of para-hydroxylation sites is 1. The number of hydrogen-bond donors (Lipinski definition) is 1. The van der Waals surface area contributed by atoms with Crippen molar-refractivity contribution in [2.24, 2.45) is 5.73 Å². The number of pyridine rings is 1. The maximum atomic E-state index is 14.7. The van der Waals surface area contributed by atoms with E-state index in [0.717, 1.165) is 16.7 Å². The van der Waals surface area contributed by atoms with Crippen LogP contribution in [0.25, 0.3) is 0 Å². The van der Waals surface area contributed by atoms with Gasteiger partial charge in [0, 0.05) is 23.0 Å². The van der Waals surface area contributed by atoms with Crippen LogP contribution in [0.2, 0.25) is 0 Å². The monoisotopic (exact) mass is 514 g/mol. The second-order valence-electron chi connectivity index (χ2n) is 10.00. The summed E-state index contributed by atoms with van der Waals surface area (Å²) in [5, 5.41) is 10.4. The van der Waals surface area contributed by atoms with E-state index >= 15 is 0 Å². The molecule has 0 fully saturated rings. The number of carbonyl (C=O) groups excluding carboxylic acids is 1. The maximum Gasteiger partial charge on any atom is 0.259 e. The summed E-state index contributed by atoms with van der Waals surface area (Å²) in [6.07, 6.45) is 0. The van der Waals surface area contributed by atoms with Crippen molar-refractivity contribution >= 4 is 11.6 Å². The molecule has 4 aromatic rings. The zero-order valence-electron chi connectivity index (χ0n) is 21.6. The third kappa shape index (κ3) is 3.57. The molecule has 1 spiro atoms. The number of fused-ring (bicyclic) bond motifs is 4. The van der Waals surface area contributed by atoms with Crippen LogP contribution < -0.4 is 20.9 Å². The smallest absolute Gasteiger partial charge is 0.259 e. The van der Waals surface area contributed by atoms with Crippen LogP contribution in [0.3, 0.4) is 0 Å². The Morgan fingerprint density at radius 1 is 0.897 bits per heavy atom. The van der Waals surface area contributed by atoms with E-state index in [-0.39, 0.29) is 29.3 Å². The molecule has 7 heteroatoms. The first kappa shape index (κ1) is 24.3. The van der Waals surface area contributed by atoms with Crippen molar-refractivity contribution in [2.75, 3.05) is 4.90 Å². The minimum absolute atomic E-state index is 0.0777. The van der Waals surface area contributed by atoms with Gasteiger partial charge < -0.3 is 19.9 Å². The standard InChI is InChI=1S/C32H26N4O3/c1-20-12-14-23(15-13-20)19-36-26-11-7-6-10-24(26)32(31(36)38)25(17-33)29(34)39-27-16-21(2)35(30(37)28(27)32)18-22-8-4-3-5-9-22/h3-16H,18-19,34H2,1-2H3. The predicted octanol–water partition coefficient (Wildman–Crippen LogP) is 4.43. The van der Waals surface area contributed by atoms with Gasteiger partial charge in [-0.2, -0.15) is 5.26 Å². The molecule has 0 aliphatic carbocycles. The molecular weight excluding hydrogens is 488 g/mol. The van der Waals surface area contributed by atoms with Gasteiger partial charge >= 0.3 is 0 Å². The summed E-state index contributed by atoms with van der Waals surface area (Å²) < 4.78 is 7.49. The zero-order valence-corrected chi connectivity index (χ0v) is 21.6. The van der Waals surface area contributed by atoms with Gasteiger partial charge in [-0.15, -0.1) is 0 Å². The number of aromatic nitrogens is 1. The van der Waals surface area contributed by atoms with Crippen molar-refractivity contribution in [3.63, 3.8) is 0 Å². The van der Waals surface area contributed by atoms with E-state index in [1.54, 1.807) is 27.7 Å². The lowest BCUT2D eigenvalue weighted by Crippen LogP contribution is -2.50. The average Bonchev–Trinajstić information content (AvgIpc) is 3.16. The van der Waals surface area contributed by atoms with Gasteiger partial charge in [-0.3, -0.25) is 9.59 Å². The molecule has 1 atom stereocenters. The highest BCUT2D eigenvalue weighted by Gasteiger charge is 2.60. The lowest BCUT2D eigenvalue weighted by molar-refractivity contribution is -0.121. The van der Waals surface area contributed by atoms with Crippen LogP contribution in [0.1, 0.15) is 33.5 Å². The van der Waals surface area contributed by atoms with Crippen molar-refractivity contribution < 1.29 is 9.53 Å². The van der Waals surface area contributed by atoms with Gasteiger partial charge in [-0.1, -0.05) is 78.4 Å². The Hall–Kier alpha value is -5.09. The Kier molecular flexibility index (Phi) is 5.62. The highest BCUT2D eigenvalue weighted by atomic mass is 16.5. The minimum Gasteiger partial charge on any atom is -0.440 e. The number of aryl methyl sites for hydroxylation is 2. The number of nitrogens with zero attached hydrogens (tertiary/aromatic N) is 3. The Balaban J connectivity index is 1.61. The molecule has 192 valence electrons. The Morgan fingerprint density at radius 3 is 2.28 bits per heavy atom. The normalized spacial score (nSPS) is 17.6. The number of nitriles is 1. The molecule has 3 heterocycles. The van der Waals surface area contributed by atoms with E-state index in [0.29, 0.717) is 23.5 Å². The van der Waals surface area contributed by atoms with Crippen molar-refractivity contribution in [3.05, 3.63) is 140 Å². The third-order valence-corrected chi connectivity index (χ3v) is 7.61.